The van der Waals surface area contributed by atoms with Crippen LogP contribution in [0.4, 0.5) is 13.2 Å². The number of rotatable bonds is 4. The van der Waals surface area contributed by atoms with Crippen LogP contribution in [-0.4, -0.2) is 42.1 Å². The van der Waals surface area contributed by atoms with E-state index in [1.54, 1.807) is 0 Å². The summed E-state index contributed by atoms with van der Waals surface area (Å²) in [7, 11) is 0. The molecule has 1 fully saturated rings. The highest BCUT2D eigenvalue weighted by atomic mass is 35.5. The van der Waals surface area contributed by atoms with Crippen LogP contribution in [0.15, 0.2) is 17.3 Å². The van der Waals surface area contributed by atoms with E-state index in [0.717, 1.165) is 32.0 Å². The molecule has 0 bridgehead atoms. The number of aromatic nitrogens is 1. The van der Waals surface area contributed by atoms with Crippen LogP contribution in [0.3, 0.4) is 0 Å². The summed E-state index contributed by atoms with van der Waals surface area (Å²) in [5.74, 6) is 0.409. The molecule has 1 saturated heterocycles. The van der Waals surface area contributed by atoms with E-state index in [1.165, 1.54) is 6.42 Å². The monoisotopic (exact) mass is 350 g/mol. The molecular formula is C14H18ClF3N4O. The van der Waals surface area contributed by atoms with Crippen molar-refractivity contribution in [3.05, 3.63) is 22.8 Å². The zero-order chi connectivity index (χ0) is 16.9. The van der Waals surface area contributed by atoms with Gasteiger partial charge in [-0.2, -0.15) is 13.2 Å². The third-order valence-corrected chi connectivity index (χ3v) is 3.69. The summed E-state index contributed by atoms with van der Waals surface area (Å²) in [4.78, 5) is 9.79. The van der Waals surface area contributed by atoms with Crippen molar-refractivity contribution >= 4 is 17.6 Å². The van der Waals surface area contributed by atoms with Gasteiger partial charge in [-0.25, -0.2) is 9.98 Å². The molecule has 5 nitrogen and oxygen atoms in total. The van der Waals surface area contributed by atoms with Crippen LogP contribution >= 0.6 is 11.6 Å². The second-order valence-electron chi connectivity index (χ2n) is 5.14. The molecule has 2 rings (SSSR count). The van der Waals surface area contributed by atoms with Crippen LogP contribution in [0.5, 0.6) is 5.88 Å². The van der Waals surface area contributed by atoms with Crippen LogP contribution in [0.2, 0.25) is 5.02 Å². The molecule has 0 aromatic carbocycles. The molecule has 0 saturated carbocycles. The number of alkyl halides is 3. The summed E-state index contributed by atoms with van der Waals surface area (Å²) in [5.41, 5.74) is 4.96. The second-order valence-corrected chi connectivity index (χ2v) is 5.55. The lowest BCUT2D eigenvalue weighted by Crippen LogP contribution is -2.41. The number of guanidine groups is 1. The van der Waals surface area contributed by atoms with E-state index < -0.39 is 11.7 Å². The molecular weight excluding hydrogens is 333 g/mol. The minimum absolute atomic E-state index is 0.0496. The number of piperidine rings is 1. The highest BCUT2D eigenvalue weighted by molar-refractivity contribution is 6.31. The Balaban J connectivity index is 1.84. The Kier molecular flexibility index (Phi) is 5.92. The Morgan fingerprint density at radius 2 is 2.04 bits per heavy atom. The summed E-state index contributed by atoms with van der Waals surface area (Å²) in [6.45, 7) is 2.19. The predicted molar refractivity (Wildman–Crippen MR) is 81.7 cm³/mol. The number of nitrogens with zero attached hydrogens (tertiary/aromatic N) is 3. The first kappa shape index (κ1) is 17.7. The fraction of sp³-hybridized carbons (Fsp3) is 0.571. The first-order valence-corrected chi connectivity index (χ1v) is 7.66. The maximum absolute atomic E-state index is 12.5. The second kappa shape index (κ2) is 7.72. The van der Waals surface area contributed by atoms with Gasteiger partial charge in [0.05, 0.1) is 12.1 Å². The Bertz CT molecular complexity index is 559. The SMILES string of the molecule is NC(=NCCOc1ncc(C(F)(F)F)cc1Cl)N1CCCCC1. The number of nitrogens with two attached hydrogens (primary N) is 1. The van der Waals surface area contributed by atoms with Crippen LogP contribution in [0.1, 0.15) is 24.8 Å². The first-order valence-electron chi connectivity index (χ1n) is 7.28. The molecule has 0 amide bonds. The number of likely N-dealkylation sites (tertiary alicyclic amines) is 1. The van der Waals surface area contributed by atoms with Crippen molar-refractivity contribution in [2.24, 2.45) is 10.7 Å². The van der Waals surface area contributed by atoms with E-state index >= 15 is 0 Å². The predicted octanol–water partition coefficient (Wildman–Crippen LogP) is 2.93. The molecule has 0 aliphatic carbocycles. The van der Waals surface area contributed by atoms with E-state index in [1.807, 2.05) is 4.90 Å². The number of aliphatic imine (C=N–C) groups is 1. The van der Waals surface area contributed by atoms with Gasteiger partial charge in [0.1, 0.15) is 11.6 Å². The van der Waals surface area contributed by atoms with E-state index in [2.05, 4.69) is 9.98 Å². The number of hydrogen-bond donors (Lipinski definition) is 1. The molecule has 23 heavy (non-hydrogen) atoms. The molecule has 1 aromatic rings. The third-order valence-electron chi connectivity index (χ3n) is 3.42. The average molecular weight is 351 g/mol. The molecule has 0 unspecified atom stereocenters. The van der Waals surface area contributed by atoms with E-state index in [4.69, 9.17) is 22.1 Å². The molecule has 0 atom stereocenters. The highest BCUT2D eigenvalue weighted by Crippen LogP contribution is 2.32. The molecule has 2 N–H and O–H groups in total. The summed E-state index contributed by atoms with van der Waals surface area (Å²) in [6, 6.07) is 0.787. The van der Waals surface area contributed by atoms with Crippen LogP contribution in [-0.2, 0) is 6.18 Å². The lowest BCUT2D eigenvalue weighted by atomic mass is 10.1. The van der Waals surface area contributed by atoms with Crippen molar-refractivity contribution in [2.45, 2.75) is 25.4 Å². The average Bonchev–Trinajstić information content (AvgIpc) is 2.52. The maximum Gasteiger partial charge on any atom is 0.417 e. The van der Waals surface area contributed by atoms with Gasteiger partial charge >= 0.3 is 6.18 Å². The maximum atomic E-state index is 12.5. The summed E-state index contributed by atoms with van der Waals surface area (Å²) in [5, 5.41) is -0.187. The van der Waals surface area contributed by atoms with Gasteiger partial charge in [0.25, 0.3) is 0 Å². The number of pyridine rings is 1. The lowest BCUT2D eigenvalue weighted by molar-refractivity contribution is -0.137. The number of ether oxygens (including phenoxy) is 1. The van der Waals surface area contributed by atoms with Crippen molar-refractivity contribution in [3.63, 3.8) is 0 Å². The normalized spacial score (nSPS) is 16.5. The number of hydrogen-bond acceptors (Lipinski definition) is 3. The van der Waals surface area contributed by atoms with Gasteiger partial charge in [-0.3, -0.25) is 0 Å². The van der Waals surface area contributed by atoms with Crippen LogP contribution in [0, 0.1) is 0 Å². The molecule has 1 aliphatic rings. The molecule has 2 heterocycles. The fourth-order valence-electron chi connectivity index (χ4n) is 2.21. The fourth-order valence-corrected chi connectivity index (χ4v) is 2.43. The smallest absolute Gasteiger partial charge is 0.417 e. The Morgan fingerprint density at radius 1 is 1.35 bits per heavy atom. The van der Waals surface area contributed by atoms with Gasteiger partial charge in [-0.15, -0.1) is 0 Å². The summed E-state index contributed by atoms with van der Waals surface area (Å²) in [6.07, 6.45) is -0.407. The highest BCUT2D eigenvalue weighted by Gasteiger charge is 2.31. The molecule has 1 aliphatic heterocycles. The largest absolute Gasteiger partial charge is 0.475 e. The minimum Gasteiger partial charge on any atom is -0.475 e. The topological polar surface area (TPSA) is 63.7 Å². The Hall–Kier alpha value is -1.70. The van der Waals surface area contributed by atoms with Gasteiger partial charge < -0.3 is 15.4 Å². The minimum atomic E-state index is -4.48. The van der Waals surface area contributed by atoms with Crippen LogP contribution in [0.25, 0.3) is 0 Å². The number of halogens is 4. The van der Waals surface area contributed by atoms with Crippen molar-refractivity contribution < 1.29 is 17.9 Å². The standard InChI is InChI=1S/C14H18ClF3N4O/c15-11-8-10(14(16,17)18)9-21-12(11)23-7-4-20-13(19)22-5-2-1-3-6-22/h8-9H,1-7H2,(H2,19,20). The van der Waals surface area contributed by atoms with Gasteiger partial charge in [-0.1, -0.05) is 11.6 Å². The van der Waals surface area contributed by atoms with Crippen molar-refractivity contribution in [1.29, 1.82) is 0 Å². The van der Waals surface area contributed by atoms with E-state index in [-0.39, 0.29) is 24.1 Å². The molecule has 1 aromatic heterocycles. The van der Waals surface area contributed by atoms with E-state index in [9.17, 15) is 13.2 Å². The molecule has 128 valence electrons. The van der Waals surface area contributed by atoms with Gasteiger partial charge in [0.2, 0.25) is 5.88 Å². The van der Waals surface area contributed by atoms with Crippen molar-refractivity contribution in [2.75, 3.05) is 26.2 Å². The lowest BCUT2D eigenvalue weighted by Gasteiger charge is -2.27. The molecule has 9 heteroatoms. The molecule has 0 radical (unpaired) electrons. The summed E-state index contributed by atoms with van der Waals surface area (Å²) < 4.78 is 42.7. The van der Waals surface area contributed by atoms with Gasteiger partial charge in [0, 0.05) is 19.3 Å². The Morgan fingerprint density at radius 3 is 2.65 bits per heavy atom. The summed E-state index contributed by atoms with van der Waals surface area (Å²) >= 11 is 5.74. The van der Waals surface area contributed by atoms with E-state index in [0.29, 0.717) is 12.2 Å². The van der Waals surface area contributed by atoms with Crippen LogP contribution < -0.4 is 10.5 Å². The zero-order valence-electron chi connectivity index (χ0n) is 12.4. The van der Waals surface area contributed by atoms with Crippen molar-refractivity contribution in [1.82, 2.24) is 9.88 Å². The quantitative estimate of drug-likeness (QED) is 0.515. The van der Waals surface area contributed by atoms with Crippen molar-refractivity contribution in [3.8, 4) is 5.88 Å². The zero-order valence-corrected chi connectivity index (χ0v) is 13.2. The third kappa shape index (κ3) is 5.16. The molecule has 0 spiro atoms. The first-order chi connectivity index (χ1) is 10.9. The van der Waals surface area contributed by atoms with Gasteiger partial charge in [-0.05, 0) is 25.3 Å². The Labute approximate surface area is 137 Å². The van der Waals surface area contributed by atoms with Gasteiger partial charge in [0.15, 0.2) is 5.96 Å².